The molecular formula is C21H18F2N4O2S. The number of anilines is 1. The van der Waals surface area contributed by atoms with E-state index in [1.54, 1.807) is 29.0 Å². The van der Waals surface area contributed by atoms with E-state index in [1.807, 2.05) is 13.0 Å². The third kappa shape index (κ3) is 3.88. The molecule has 4 rings (SSSR count). The van der Waals surface area contributed by atoms with Gasteiger partial charge in [0.25, 0.3) is 0 Å². The lowest BCUT2D eigenvalue weighted by molar-refractivity contribution is 0.506. The number of rotatable bonds is 5. The number of sulfone groups is 1. The number of aromatic nitrogens is 3. The van der Waals surface area contributed by atoms with Crippen LogP contribution in [0.25, 0.3) is 5.52 Å². The molecule has 4 aromatic rings. The Balaban J connectivity index is 1.86. The maximum Gasteiger partial charge on any atom is 0.175 e. The van der Waals surface area contributed by atoms with E-state index in [0.717, 1.165) is 24.1 Å². The number of fused-ring (bicyclic) bond motifs is 1. The fourth-order valence-electron chi connectivity index (χ4n) is 3.27. The molecular weight excluding hydrogens is 410 g/mol. The van der Waals surface area contributed by atoms with Crippen LogP contribution < -0.4 is 5.32 Å². The summed E-state index contributed by atoms with van der Waals surface area (Å²) in [6.07, 6.45) is 4.38. The van der Waals surface area contributed by atoms with Crippen LogP contribution in [0, 0.1) is 18.6 Å². The predicted molar refractivity (Wildman–Crippen MR) is 109 cm³/mol. The highest BCUT2D eigenvalue weighted by atomic mass is 32.2. The van der Waals surface area contributed by atoms with E-state index < -0.39 is 27.5 Å². The molecule has 0 radical (unpaired) electrons. The smallest absolute Gasteiger partial charge is 0.175 e. The predicted octanol–water partition coefficient (Wildman–Crippen LogP) is 3.92. The number of aryl methyl sites for hydroxylation is 1. The third-order valence-corrected chi connectivity index (χ3v) is 5.80. The van der Waals surface area contributed by atoms with E-state index in [1.165, 1.54) is 18.2 Å². The first-order valence-corrected chi connectivity index (χ1v) is 10.9. The molecule has 0 aliphatic rings. The second-order valence-corrected chi connectivity index (χ2v) is 9.00. The number of nitrogens with zero attached hydrogens (tertiary/aromatic N) is 3. The first-order valence-electron chi connectivity index (χ1n) is 9.05. The maximum atomic E-state index is 14.0. The summed E-state index contributed by atoms with van der Waals surface area (Å²) in [5, 5.41) is 7.58. The zero-order valence-electron chi connectivity index (χ0n) is 16.2. The molecule has 9 heteroatoms. The molecule has 154 valence electrons. The van der Waals surface area contributed by atoms with Crippen LogP contribution in [0.2, 0.25) is 0 Å². The fourth-order valence-corrected chi connectivity index (χ4v) is 3.94. The Morgan fingerprint density at radius 3 is 2.53 bits per heavy atom. The number of nitrogens with one attached hydrogen (secondary N) is 1. The van der Waals surface area contributed by atoms with Crippen molar-refractivity contribution in [3.63, 3.8) is 0 Å². The molecule has 0 spiro atoms. The summed E-state index contributed by atoms with van der Waals surface area (Å²) in [7, 11) is -3.45. The monoisotopic (exact) mass is 428 g/mol. The van der Waals surface area contributed by atoms with Crippen LogP contribution in [0.1, 0.15) is 22.9 Å². The summed E-state index contributed by atoms with van der Waals surface area (Å²) in [5.41, 5.74) is 2.46. The van der Waals surface area contributed by atoms with Crippen molar-refractivity contribution in [2.45, 2.75) is 17.9 Å². The number of hydrogen-bond acceptors (Lipinski definition) is 5. The van der Waals surface area contributed by atoms with Crippen molar-refractivity contribution in [1.29, 1.82) is 0 Å². The van der Waals surface area contributed by atoms with Crippen molar-refractivity contribution in [3.05, 3.63) is 89.4 Å². The van der Waals surface area contributed by atoms with Gasteiger partial charge in [-0.1, -0.05) is 18.2 Å². The minimum Gasteiger partial charge on any atom is -0.357 e. The first kappa shape index (κ1) is 20.0. The van der Waals surface area contributed by atoms with Crippen LogP contribution in [-0.2, 0) is 9.84 Å². The Kier molecular flexibility index (Phi) is 4.98. The minimum absolute atomic E-state index is 0.126. The molecule has 0 amide bonds. The maximum absolute atomic E-state index is 14.0. The molecule has 0 fully saturated rings. The highest BCUT2D eigenvalue weighted by Crippen LogP contribution is 2.30. The minimum atomic E-state index is -3.45. The molecule has 6 nitrogen and oxygen atoms in total. The van der Waals surface area contributed by atoms with Gasteiger partial charge in [-0.2, -0.15) is 5.10 Å². The number of hydrogen-bond donors (Lipinski definition) is 1. The SMILES string of the molecule is Cc1cc2c(NC(c3cccc(S(C)(=O)=O)c3)c3ccc(F)c(F)c3)nccn2n1. The summed E-state index contributed by atoms with van der Waals surface area (Å²) in [6.45, 7) is 1.85. The van der Waals surface area contributed by atoms with Gasteiger partial charge in [0, 0.05) is 18.6 Å². The van der Waals surface area contributed by atoms with Crippen LogP contribution in [0.4, 0.5) is 14.6 Å². The number of benzene rings is 2. The van der Waals surface area contributed by atoms with Crippen molar-refractivity contribution in [3.8, 4) is 0 Å². The van der Waals surface area contributed by atoms with Crippen LogP contribution in [0.5, 0.6) is 0 Å². The van der Waals surface area contributed by atoms with E-state index >= 15 is 0 Å². The van der Waals surface area contributed by atoms with Crippen molar-refractivity contribution in [1.82, 2.24) is 14.6 Å². The van der Waals surface area contributed by atoms with Gasteiger partial charge in [0.1, 0.15) is 5.52 Å². The topological polar surface area (TPSA) is 76.4 Å². The van der Waals surface area contributed by atoms with E-state index in [-0.39, 0.29) is 4.90 Å². The molecule has 1 N–H and O–H groups in total. The summed E-state index contributed by atoms with van der Waals surface area (Å²) >= 11 is 0. The summed E-state index contributed by atoms with van der Waals surface area (Å²) in [6, 6.07) is 11.0. The molecule has 0 saturated heterocycles. The van der Waals surface area contributed by atoms with Crippen LogP contribution in [0.3, 0.4) is 0 Å². The Bertz CT molecular complexity index is 1350. The lowest BCUT2D eigenvalue weighted by Crippen LogP contribution is -2.15. The molecule has 2 aromatic carbocycles. The van der Waals surface area contributed by atoms with Gasteiger partial charge < -0.3 is 5.32 Å². The van der Waals surface area contributed by atoms with E-state index in [9.17, 15) is 17.2 Å². The average Bonchev–Trinajstić information content (AvgIpc) is 3.09. The van der Waals surface area contributed by atoms with Crippen molar-refractivity contribution in [2.75, 3.05) is 11.6 Å². The normalized spacial score (nSPS) is 12.8. The quantitative estimate of drug-likeness (QED) is 0.521. The Morgan fingerprint density at radius 1 is 1.03 bits per heavy atom. The molecule has 30 heavy (non-hydrogen) atoms. The standard InChI is InChI=1S/C21H18F2N4O2S/c1-13-10-19-21(24-8-9-27(19)26-13)25-20(15-6-7-17(22)18(23)12-15)14-4-3-5-16(11-14)30(2,28)29/h3-12,20H,1-2H3,(H,24,25). The van der Waals surface area contributed by atoms with E-state index in [4.69, 9.17) is 0 Å². The largest absolute Gasteiger partial charge is 0.357 e. The second-order valence-electron chi connectivity index (χ2n) is 6.99. The van der Waals surface area contributed by atoms with Gasteiger partial charge in [0.05, 0.1) is 16.6 Å². The molecule has 2 aromatic heterocycles. The van der Waals surface area contributed by atoms with Gasteiger partial charge in [-0.3, -0.25) is 0 Å². The van der Waals surface area contributed by atoms with Gasteiger partial charge in [0.2, 0.25) is 0 Å². The lowest BCUT2D eigenvalue weighted by atomic mass is 9.98. The average molecular weight is 428 g/mol. The van der Waals surface area contributed by atoms with Crippen LogP contribution in [0.15, 0.2) is 65.8 Å². The van der Waals surface area contributed by atoms with Gasteiger partial charge in [-0.05, 0) is 48.4 Å². The van der Waals surface area contributed by atoms with Gasteiger partial charge >= 0.3 is 0 Å². The Morgan fingerprint density at radius 2 is 1.80 bits per heavy atom. The first-order chi connectivity index (χ1) is 14.2. The highest BCUT2D eigenvalue weighted by Gasteiger charge is 2.20. The highest BCUT2D eigenvalue weighted by molar-refractivity contribution is 7.90. The summed E-state index contributed by atoms with van der Waals surface area (Å²) in [5.74, 6) is -1.49. The van der Waals surface area contributed by atoms with Crippen molar-refractivity contribution >= 4 is 21.2 Å². The van der Waals surface area contributed by atoms with Gasteiger partial charge in [0.15, 0.2) is 27.3 Å². The molecule has 0 bridgehead atoms. The lowest BCUT2D eigenvalue weighted by Gasteiger charge is -2.21. The Hall–Kier alpha value is -3.33. The van der Waals surface area contributed by atoms with Gasteiger partial charge in [-0.15, -0.1) is 0 Å². The van der Waals surface area contributed by atoms with Crippen molar-refractivity contribution in [2.24, 2.45) is 0 Å². The molecule has 1 atom stereocenters. The fraction of sp³-hybridized carbons (Fsp3) is 0.143. The summed E-state index contributed by atoms with van der Waals surface area (Å²) in [4.78, 5) is 4.49. The second kappa shape index (κ2) is 7.49. The number of halogens is 2. The molecule has 1 unspecified atom stereocenters. The zero-order valence-corrected chi connectivity index (χ0v) is 17.0. The third-order valence-electron chi connectivity index (χ3n) is 4.69. The van der Waals surface area contributed by atoms with Crippen LogP contribution >= 0.6 is 0 Å². The summed E-state index contributed by atoms with van der Waals surface area (Å²) < 4.78 is 53.2. The molecule has 2 heterocycles. The van der Waals surface area contributed by atoms with E-state index in [0.29, 0.717) is 22.5 Å². The van der Waals surface area contributed by atoms with Gasteiger partial charge in [-0.25, -0.2) is 26.7 Å². The molecule has 0 aliphatic heterocycles. The van der Waals surface area contributed by atoms with E-state index in [2.05, 4.69) is 15.4 Å². The van der Waals surface area contributed by atoms with Crippen molar-refractivity contribution < 1.29 is 17.2 Å². The molecule has 0 aliphatic carbocycles. The molecule has 0 saturated carbocycles. The van der Waals surface area contributed by atoms with Crippen LogP contribution in [-0.4, -0.2) is 29.3 Å². The Labute approximate surface area is 172 Å². The zero-order chi connectivity index (χ0) is 21.5.